The lowest BCUT2D eigenvalue weighted by molar-refractivity contribution is 0.0527. The fourth-order valence-electron chi connectivity index (χ4n) is 3.20. The van der Waals surface area contributed by atoms with Crippen LogP contribution >= 0.6 is 0 Å². The highest BCUT2D eigenvalue weighted by molar-refractivity contribution is 7.91. The number of carbonyl (C=O) groups excluding carboxylic acids is 1. The molecule has 1 aromatic carbocycles. The summed E-state index contributed by atoms with van der Waals surface area (Å²) in [5, 5.41) is 2.35. The first kappa shape index (κ1) is 25.4. The number of nitrogens with zero attached hydrogens (tertiary/aromatic N) is 2. The summed E-state index contributed by atoms with van der Waals surface area (Å²) >= 11 is 0. The van der Waals surface area contributed by atoms with E-state index in [1.165, 1.54) is 14.0 Å². The van der Waals surface area contributed by atoms with Crippen LogP contribution in [0, 0.1) is 0 Å². The van der Waals surface area contributed by atoms with Gasteiger partial charge in [0.05, 0.1) is 11.3 Å². The zero-order chi connectivity index (χ0) is 24.1. The van der Waals surface area contributed by atoms with E-state index in [9.17, 15) is 22.8 Å². The summed E-state index contributed by atoms with van der Waals surface area (Å²) in [5.41, 5.74) is -1.52. The second kappa shape index (κ2) is 10.2. The van der Waals surface area contributed by atoms with Crippen molar-refractivity contribution in [3.8, 4) is 11.1 Å². The van der Waals surface area contributed by atoms with Gasteiger partial charge in [-0.05, 0) is 39.2 Å². The number of unbranched alkanes of at least 4 members (excludes halogenated alkanes) is 1. The molecular formula is C22H31N3O6S. The smallest absolute Gasteiger partial charge is 0.407 e. The number of sulfone groups is 1. The van der Waals surface area contributed by atoms with Gasteiger partial charge >= 0.3 is 11.8 Å². The summed E-state index contributed by atoms with van der Waals surface area (Å²) in [7, 11) is -2.48. The van der Waals surface area contributed by atoms with E-state index in [0.717, 1.165) is 9.13 Å². The Balaban J connectivity index is 2.32. The molecule has 0 bridgehead atoms. The Hall–Kier alpha value is -2.88. The van der Waals surface area contributed by atoms with Crippen LogP contribution in [-0.2, 0) is 28.2 Å². The fraction of sp³-hybridized carbons (Fsp3) is 0.500. The summed E-state index contributed by atoms with van der Waals surface area (Å²) in [6.07, 6.45) is 0.398. The topological polar surface area (TPSA) is 116 Å². The van der Waals surface area contributed by atoms with Crippen LogP contribution in [0.3, 0.4) is 0 Å². The molecule has 176 valence electrons. The summed E-state index contributed by atoms with van der Waals surface area (Å²) in [6, 6.07) is 8.45. The molecule has 1 amide bonds. The van der Waals surface area contributed by atoms with Crippen molar-refractivity contribution in [3.05, 3.63) is 51.2 Å². The molecule has 0 aliphatic rings. The maximum atomic E-state index is 13.2. The molecule has 1 heterocycles. The molecule has 1 aromatic heterocycles. The maximum Gasteiger partial charge on any atom is 0.407 e. The number of benzene rings is 1. The Labute approximate surface area is 188 Å². The minimum absolute atomic E-state index is 0.0126. The third-order valence-corrected chi connectivity index (χ3v) is 6.54. The molecule has 0 atom stereocenters. The third kappa shape index (κ3) is 6.09. The summed E-state index contributed by atoms with van der Waals surface area (Å²) < 4.78 is 32.7. The van der Waals surface area contributed by atoms with Crippen molar-refractivity contribution >= 4 is 15.9 Å². The minimum Gasteiger partial charge on any atom is -0.444 e. The van der Waals surface area contributed by atoms with Gasteiger partial charge in [-0.3, -0.25) is 13.9 Å². The zero-order valence-corrected chi connectivity index (χ0v) is 20.0. The maximum absolute atomic E-state index is 13.2. The number of amides is 1. The lowest BCUT2D eigenvalue weighted by Crippen LogP contribution is -2.42. The van der Waals surface area contributed by atoms with Gasteiger partial charge in [0.2, 0.25) is 0 Å². The highest BCUT2D eigenvalue weighted by Gasteiger charge is 2.27. The summed E-state index contributed by atoms with van der Waals surface area (Å²) in [6.45, 7) is 7.17. The van der Waals surface area contributed by atoms with E-state index in [0.29, 0.717) is 24.9 Å². The average molecular weight is 466 g/mol. The van der Waals surface area contributed by atoms with Crippen molar-refractivity contribution in [1.82, 2.24) is 14.5 Å². The summed E-state index contributed by atoms with van der Waals surface area (Å²) in [5.74, 6) is -0.236. The fourth-order valence-corrected chi connectivity index (χ4v) is 4.48. The molecule has 1 N–H and O–H groups in total. The van der Waals surface area contributed by atoms with Crippen molar-refractivity contribution in [3.63, 3.8) is 0 Å². The summed E-state index contributed by atoms with van der Waals surface area (Å²) in [4.78, 5) is 37.8. The van der Waals surface area contributed by atoms with Crippen molar-refractivity contribution in [2.45, 2.75) is 57.7 Å². The van der Waals surface area contributed by atoms with Crippen LogP contribution in [-0.4, -0.2) is 41.5 Å². The predicted molar refractivity (Wildman–Crippen MR) is 123 cm³/mol. The van der Waals surface area contributed by atoms with E-state index in [1.54, 1.807) is 51.1 Å². The van der Waals surface area contributed by atoms with Gasteiger partial charge in [0.15, 0.2) is 14.9 Å². The molecule has 0 radical (unpaired) electrons. The molecule has 0 aliphatic heterocycles. The van der Waals surface area contributed by atoms with Crippen LogP contribution in [0.5, 0.6) is 0 Å². The van der Waals surface area contributed by atoms with Crippen LogP contribution < -0.4 is 16.6 Å². The van der Waals surface area contributed by atoms with Crippen molar-refractivity contribution in [2.75, 3.05) is 12.3 Å². The van der Waals surface area contributed by atoms with Gasteiger partial charge < -0.3 is 10.1 Å². The monoisotopic (exact) mass is 465 g/mol. The first-order chi connectivity index (χ1) is 14.9. The number of alkyl carbamates (subject to hydrolysis) is 1. The molecule has 0 spiro atoms. The van der Waals surface area contributed by atoms with E-state index in [1.807, 2.05) is 0 Å². The van der Waals surface area contributed by atoms with Gasteiger partial charge in [-0.15, -0.1) is 0 Å². The number of hydrogen-bond acceptors (Lipinski definition) is 6. The molecule has 10 heteroatoms. The second-order valence-corrected chi connectivity index (χ2v) is 10.6. The molecule has 9 nitrogen and oxygen atoms in total. The Kier molecular flexibility index (Phi) is 8.06. The quantitative estimate of drug-likeness (QED) is 0.472. The molecule has 32 heavy (non-hydrogen) atoms. The van der Waals surface area contributed by atoms with E-state index in [-0.39, 0.29) is 22.9 Å². The normalized spacial score (nSPS) is 11.9. The van der Waals surface area contributed by atoms with Gasteiger partial charge in [0.1, 0.15) is 5.60 Å². The van der Waals surface area contributed by atoms with Crippen molar-refractivity contribution in [1.29, 1.82) is 0 Å². The van der Waals surface area contributed by atoms with E-state index < -0.39 is 32.8 Å². The molecule has 2 aromatic rings. The van der Waals surface area contributed by atoms with Crippen LogP contribution in [0.1, 0.15) is 40.5 Å². The molecule has 0 saturated carbocycles. The Morgan fingerprint density at radius 3 is 2.28 bits per heavy atom. The zero-order valence-electron chi connectivity index (χ0n) is 19.2. The van der Waals surface area contributed by atoms with Crippen LogP contribution in [0.4, 0.5) is 4.79 Å². The number of nitrogens with one attached hydrogen (secondary N) is 1. The molecular weight excluding hydrogens is 434 g/mol. The number of aromatic nitrogens is 2. The number of ether oxygens (including phenoxy) is 1. The predicted octanol–water partition coefficient (Wildman–Crippen LogP) is 2.31. The molecule has 2 rings (SSSR count). The number of rotatable bonds is 8. The van der Waals surface area contributed by atoms with Gasteiger partial charge in [-0.1, -0.05) is 37.3 Å². The van der Waals surface area contributed by atoms with Gasteiger partial charge in [-0.2, -0.15) is 0 Å². The number of hydrogen-bond donors (Lipinski definition) is 1. The van der Waals surface area contributed by atoms with E-state index in [2.05, 4.69) is 5.32 Å². The molecule has 0 saturated heterocycles. The van der Waals surface area contributed by atoms with E-state index in [4.69, 9.17) is 4.74 Å². The number of carbonyl (C=O) groups is 1. The lowest BCUT2D eigenvalue weighted by Gasteiger charge is -2.19. The Morgan fingerprint density at radius 1 is 1.09 bits per heavy atom. The van der Waals surface area contributed by atoms with Crippen LogP contribution in [0.15, 0.2) is 44.9 Å². The van der Waals surface area contributed by atoms with E-state index >= 15 is 0 Å². The van der Waals surface area contributed by atoms with Crippen molar-refractivity contribution < 1.29 is 17.9 Å². The van der Waals surface area contributed by atoms with Gasteiger partial charge in [-0.25, -0.2) is 18.0 Å². The standard InChI is InChI=1S/C22H31N3O6S/c1-6-32(29,30)19-17(16-12-8-7-9-13-16)18(26)25(21(28)24(19)5)15-11-10-14-23-20(27)31-22(2,3)4/h7-9,12-13H,6,10-11,14-15H2,1-5H3,(H,23,27). The second-order valence-electron chi connectivity index (χ2n) is 8.38. The average Bonchev–Trinajstić information content (AvgIpc) is 2.71. The highest BCUT2D eigenvalue weighted by Crippen LogP contribution is 2.23. The first-order valence-corrected chi connectivity index (χ1v) is 12.1. The highest BCUT2D eigenvalue weighted by atomic mass is 32.2. The first-order valence-electron chi connectivity index (χ1n) is 10.5. The van der Waals surface area contributed by atoms with Crippen molar-refractivity contribution in [2.24, 2.45) is 7.05 Å². The molecule has 0 unspecified atom stereocenters. The largest absolute Gasteiger partial charge is 0.444 e. The lowest BCUT2D eigenvalue weighted by atomic mass is 10.1. The minimum atomic E-state index is -3.83. The third-order valence-electron chi connectivity index (χ3n) is 4.71. The SMILES string of the molecule is CCS(=O)(=O)c1c(-c2ccccc2)c(=O)n(CCCCNC(=O)OC(C)(C)C)c(=O)n1C. The van der Waals surface area contributed by atoms with Crippen LogP contribution in [0.25, 0.3) is 11.1 Å². The van der Waals surface area contributed by atoms with Gasteiger partial charge in [0.25, 0.3) is 5.56 Å². The Morgan fingerprint density at radius 2 is 1.72 bits per heavy atom. The Bertz CT molecular complexity index is 1180. The van der Waals surface area contributed by atoms with Gasteiger partial charge in [0, 0.05) is 20.1 Å². The van der Waals surface area contributed by atoms with Crippen LogP contribution in [0.2, 0.25) is 0 Å². The molecule has 0 fully saturated rings. The molecule has 0 aliphatic carbocycles.